The Hall–Kier alpha value is -0.940. The highest BCUT2D eigenvalue weighted by molar-refractivity contribution is 7.93. The molecule has 1 atom stereocenters. The molecule has 0 spiro atoms. The zero-order valence-electron chi connectivity index (χ0n) is 14.0. The fourth-order valence-electron chi connectivity index (χ4n) is 2.37. The van der Waals surface area contributed by atoms with Crippen LogP contribution in [0, 0.1) is 11.7 Å². The van der Waals surface area contributed by atoms with Crippen molar-refractivity contribution in [1.82, 2.24) is 4.31 Å². The fourth-order valence-corrected chi connectivity index (χ4v) is 4.62. The molecule has 7 nitrogen and oxygen atoms in total. The molecule has 1 aliphatic rings. The molecule has 0 aliphatic carbocycles. The summed E-state index contributed by atoms with van der Waals surface area (Å²) in [6.07, 6.45) is 0.671. The SMILES string of the molecule is CC(C)S(=O)(=O)Nc1ccc(S(=O)(=O)N2CCC(CN)C2)cc1F.Cl. The molecule has 1 aromatic carbocycles. The van der Waals surface area contributed by atoms with Gasteiger partial charge in [-0.3, -0.25) is 4.72 Å². The number of sulfonamides is 2. The number of hydrogen-bond donors (Lipinski definition) is 2. The fraction of sp³-hybridized carbons (Fsp3) is 0.571. The Morgan fingerprint density at radius 3 is 2.44 bits per heavy atom. The first-order chi connectivity index (χ1) is 11.1. The largest absolute Gasteiger partial charge is 0.330 e. The molecule has 3 N–H and O–H groups in total. The van der Waals surface area contributed by atoms with Crippen LogP contribution in [0.5, 0.6) is 0 Å². The minimum atomic E-state index is -3.82. The molecule has 2 rings (SSSR count). The maximum atomic E-state index is 14.2. The van der Waals surface area contributed by atoms with E-state index in [1.165, 1.54) is 24.2 Å². The first-order valence-electron chi connectivity index (χ1n) is 7.59. The Bertz CT molecular complexity index is 815. The first kappa shape index (κ1) is 22.1. The van der Waals surface area contributed by atoms with Crippen LogP contribution in [0.3, 0.4) is 0 Å². The van der Waals surface area contributed by atoms with Crippen molar-refractivity contribution in [2.45, 2.75) is 30.4 Å². The maximum absolute atomic E-state index is 14.2. The van der Waals surface area contributed by atoms with Gasteiger partial charge in [-0.25, -0.2) is 21.2 Å². The average Bonchev–Trinajstić information content (AvgIpc) is 2.98. The van der Waals surface area contributed by atoms with E-state index in [1.54, 1.807) is 0 Å². The van der Waals surface area contributed by atoms with Crippen LogP contribution in [0.25, 0.3) is 0 Å². The van der Waals surface area contributed by atoms with Crippen molar-refractivity contribution >= 4 is 38.1 Å². The minimum Gasteiger partial charge on any atom is -0.330 e. The molecular weight excluding hydrogens is 393 g/mol. The number of halogens is 2. The Morgan fingerprint density at radius 2 is 1.96 bits per heavy atom. The standard InChI is InChI=1S/C14H22FN3O4S2.ClH/c1-10(2)23(19,20)17-14-4-3-12(7-13(14)15)24(21,22)18-6-5-11(8-16)9-18;/h3-4,7,10-11,17H,5-6,8-9,16H2,1-2H3;1H. The first-order valence-corrected chi connectivity index (χ1v) is 10.6. The van der Waals surface area contributed by atoms with Gasteiger partial charge < -0.3 is 5.73 Å². The van der Waals surface area contributed by atoms with E-state index in [0.29, 0.717) is 26.1 Å². The summed E-state index contributed by atoms with van der Waals surface area (Å²) in [6, 6.07) is 3.16. The summed E-state index contributed by atoms with van der Waals surface area (Å²) in [4.78, 5) is -0.204. The Balaban J connectivity index is 0.00000312. The van der Waals surface area contributed by atoms with Crippen molar-refractivity contribution in [3.8, 4) is 0 Å². The molecule has 0 aromatic heterocycles. The van der Waals surface area contributed by atoms with E-state index in [-0.39, 0.29) is 28.9 Å². The van der Waals surface area contributed by atoms with Crippen molar-refractivity contribution < 1.29 is 21.2 Å². The summed E-state index contributed by atoms with van der Waals surface area (Å²) in [5.74, 6) is -0.836. The molecule has 1 unspecified atom stereocenters. The van der Waals surface area contributed by atoms with Crippen molar-refractivity contribution in [1.29, 1.82) is 0 Å². The number of nitrogens with zero attached hydrogens (tertiary/aromatic N) is 1. The monoisotopic (exact) mass is 415 g/mol. The zero-order chi connectivity index (χ0) is 18.1. The molecule has 1 aliphatic heterocycles. The molecule has 0 amide bonds. The number of nitrogens with two attached hydrogens (primary N) is 1. The van der Waals surface area contributed by atoms with Crippen LogP contribution in [-0.2, 0) is 20.0 Å². The normalized spacial score (nSPS) is 19.0. The van der Waals surface area contributed by atoms with E-state index in [1.807, 2.05) is 0 Å². The van der Waals surface area contributed by atoms with E-state index in [2.05, 4.69) is 4.72 Å². The van der Waals surface area contributed by atoms with Gasteiger partial charge in [0.15, 0.2) is 0 Å². The van der Waals surface area contributed by atoms with Crippen molar-refractivity contribution in [2.24, 2.45) is 11.7 Å². The molecule has 144 valence electrons. The van der Waals surface area contributed by atoms with Gasteiger partial charge in [-0.15, -0.1) is 12.4 Å². The Labute approximate surface area is 154 Å². The van der Waals surface area contributed by atoms with Crippen molar-refractivity contribution in [3.63, 3.8) is 0 Å². The molecular formula is C14H23ClFN3O4S2. The van der Waals surface area contributed by atoms with Crippen LogP contribution in [0.4, 0.5) is 10.1 Å². The Morgan fingerprint density at radius 1 is 1.32 bits per heavy atom. The molecule has 1 aromatic rings. The summed E-state index contributed by atoms with van der Waals surface area (Å²) < 4.78 is 66.2. The van der Waals surface area contributed by atoms with E-state index in [4.69, 9.17) is 5.73 Å². The van der Waals surface area contributed by atoms with Gasteiger partial charge in [0.1, 0.15) is 5.82 Å². The highest BCUT2D eigenvalue weighted by Gasteiger charge is 2.32. The summed E-state index contributed by atoms with van der Waals surface area (Å²) in [5, 5.41) is -0.738. The lowest BCUT2D eigenvalue weighted by atomic mass is 10.1. The van der Waals surface area contributed by atoms with Gasteiger partial charge in [-0.1, -0.05) is 0 Å². The van der Waals surface area contributed by atoms with Gasteiger partial charge in [0.2, 0.25) is 20.0 Å². The lowest BCUT2D eigenvalue weighted by Crippen LogP contribution is -2.30. The van der Waals surface area contributed by atoms with E-state index in [9.17, 15) is 21.2 Å². The predicted molar refractivity (Wildman–Crippen MR) is 97.2 cm³/mol. The molecule has 0 saturated carbocycles. The minimum absolute atomic E-state index is 0. The summed E-state index contributed by atoms with van der Waals surface area (Å²) in [7, 11) is -7.53. The molecule has 25 heavy (non-hydrogen) atoms. The predicted octanol–water partition coefficient (Wildman–Crippen LogP) is 1.37. The Kier molecular flexibility index (Phi) is 7.22. The third-order valence-corrected chi connectivity index (χ3v) is 7.64. The van der Waals surface area contributed by atoms with Crippen LogP contribution in [-0.4, -0.2) is 46.0 Å². The van der Waals surface area contributed by atoms with Crippen LogP contribution in [0.2, 0.25) is 0 Å². The summed E-state index contributed by atoms with van der Waals surface area (Å²) >= 11 is 0. The molecule has 0 bridgehead atoms. The lowest BCUT2D eigenvalue weighted by molar-refractivity contribution is 0.458. The van der Waals surface area contributed by atoms with Crippen LogP contribution < -0.4 is 10.5 Å². The number of benzene rings is 1. The average molecular weight is 416 g/mol. The van der Waals surface area contributed by atoms with Gasteiger partial charge in [0, 0.05) is 13.1 Å². The second-order valence-electron chi connectivity index (χ2n) is 6.09. The number of rotatable bonds is 6. The molecule has 0 radical (unpaired) electrons. The second kappa shape index (κ2) is 8.17. The number of hydrogen-bond acceptors (Lipinski definition) is 5. The lowest BCUT2D eigenvalue weighted by Gasteiger charge is -2.17. The smallest absolute Gasteiger partial charge is 0.243 e. The molecule has 1 heterocycles. The second-order valence-corrected chi connectivity index (χ2v) is 10.3. The number of anilines is 1. The van der Waals surface area contributed by atoms with Crippen LogP contribution in [0.15, 0.2) is 23.1 Å². The van der Waals surface area contributed by atoms with Gasteiger partial charge >= 0.3 is 0 Å². The zero-order valence-corrected chi connectivity index (χ0v) is 16.4. The topological polar surface area (TPSA) is 110 Å². The summed E-state index contributed by atoms with van der Waals surface area (Å²) in [6.45, 7) is 3.96. The van der Waals surface area contributed by atoms with Crippen LogP contribution in [0.1, 0.15) is 20.3 Å². The highest BCUT2D eigenvalue weighted by atomic mass is 35.5. The van der Waals surface area contributed by atoms with Crippen LogP contribution >= 0.6 is 12.4 Å². The molecule has 1 saturated heterocycles. The number of nitrogens with one attached hydrogen (secondary N) is 1. The van der Waals surface area contributed by atoms with Gasteiger partial charge in [-0.05, 0) is 50.9 Å². The van der Waals surface area contributed by atoms with Crippen molar-refractivity contribution in [2.75, 3.05) is 24.4 Å². The van der Waals surface area contributed by atoms with Gasteiger partial charge in [-0.2, -0.15) is 4.31 Å². The van der Waals surface area contributed by atoms with E-state index in [0.717, 1.165) is 12.1 Å². The van der Waals surface area contributed by atoms with Crippen molar-refractivity contribution in [3.05, 3.63) is 24.0 Å². The van der Waals surface area contributed by atoms with E-state index >= 15 is 0 Å². The quantitative estimate of drug-likeness (QED) is 0.729. The molecule has 1 fully saturated rings. The van der Waals surface area contributed by atoms with Gasteiger partial charge in [0.05, 0.1) is 15.8 Å². The maximum Gasteiger partial charge on any atom is 0.243 e. The van der Waals surface area contributed by atoms with E-state index < -0.39 is 31.1 Å². The summed E-state index contributed by atoms with van der Waals surface area (Å²) in [5.41, 5.74) is 5.28. The highest BCUT2D eigenvalue weighted by Crippen LogP contribution is 2.26. The third-order valence-electron chi connectivity index (χ3n) is 4.03. The van der Waals surface area contributed by atoms with Gasteiger partial charge in [0.25, 0.3) is 0 Å². The third kappa shape index (κ3) is 4.82. The molecule has 11 heteroatoms.